The predicted molar refractivity (Wildman–Crippen MR) is 119 cm³/mol. The largest absolute Gasteiger partial charge is 0.444 e. The van der Waals surface area contributed by atoms with E-state index >= 15 is 0 Å². The molecule has 5 amide bonds. The molecule has 9 nitrogen and oxygen atoms in total. The number of anilines is 1. The Balaban J connectivity index is 1.64. The summed E-state index contributed by atoms with van der Waals surface area (Å²) in [6.45, 7) is 7.24. The zero-order valence-corrected chi connectivity index (χ0v) is 19.4. The lowest BCUT2D eigenvalue weighted by atomic mass is 9.97. The second kappa shape index (κ2) is 8.80. The summed E-state index contributed by atoms with van der Waals surface area (Å²) >= 11 is 0. The first-order valence-electron chi connectivity index (χ1n) is 10.9. The van der Waals surface area contributed by atoms with E-state index in [0.29, 0.717) is 25.1 Å². The molecule has 174 valence electrons. The highest BCUT2D eigenvalue weighted by Crippen LogP contribution is 2.35. The van der Waals surface area contributed by atoms with Crippen LogP contribution in [0.1, 0.15) is 58.9 Å². The quantitative estimate of drug-likeness (QED) is 0.678. The Kier molecular flexibility index (Phi) is 6.48. The highest BCUT2D eigenvalue weighted by molar-refractivity contribution is 6.11. The maximum Gasteiger partial charge on any atom is 0.410 e. The molecule has 1 aliphatic carbocycles. The van der Waals surface area contributed by atoms with Gasteiger partial charge >= 0.3 is 12.1 Å². The fourth-order valence-electron chi connectivity index (χ4n) is 4.10. The van der Waals surface area contributed by atoms with Gasteiger partial charge < -0.3 is 20.3 Å². The van der Waals surface area contributed by atoms with Gasteiger partial charge in [-0.15, -0.1) is 0 Å². The van der Waals surface area contributed by atoms with E-state index in [0.717, 1.165) is 23.3 Å². The van der Waals surface area contributed by atoms with E-state index < -0.39 is 35.2 Å². The molecular weight excluding hydrogens is 412 g/mol. The van der Waals surface area contributed by atoms with Crippen LogP contribution in [0.2, 0.25) is 0 Å². The van der Waals surface area contributed by atoms with Crippen molar-refractivity contribution in [2.75, 3.05) is 12.4 Å². The minimum Gasteiger partial charge on any atom is -0.444 e. The van der Waals surface area contributed by atoms with Gasteiger partial charge in [-0.3, -0.25) is 9.59 Å². The van der Waals surface area contributed by atoms with Gasteiger partial charge in [0.1, 0.15) is 17.2 Å². The molecule has 3 rings (SSSR count). The van der Waals surface area contributed by atoms with E-state index in [-0.39, 0.29) is 5.91 Å². The van der Waals surface area contributed by atoms with Gasteiger partial charge in [0.15, 0.2) is 0 Å². The molecule has 1 atom stereocenters. The SMILES string of the molecule is CC(C(=O)Nc1cccc(CN(C)C(=O)OC(C)(C)C)c1)N1C(=O)NC2(CCCC2)C1=O. The van der Waals surface area contributed by atoms with Crippen molar-refractivity contribution in [3.8, 4) is 0 Å². The fraction of sp³-hybridized carbons (Fsp3) is 0.565. The maximum absolute atomic E-state index is 12.9. The maximum atomic E-state index is 12.9. The standard InChI is InChI=1S/C23H32N4O5/c1-15(27-19(29)23(25-20(27)30)11-6-7-12-23)18(28)24-17-10-8-9-16(13-17)14-26(5)21(31)32-22(2,3)4/h8-10,13,15H,6-7,11-12,14H2,1-5H3,(H,24,28)(H,25,30). The lowest BCUT2D eigenvalue weighted by Gasteiger charge is -2.25. The van der Waals surface area contributed by atoms with Gasteiger partial charge in [-0.25, -0.2) is 14.5 Å². The number of benzene rings is 1. The van der Waals surface area contributed by atoms with Crippen molar-refractivity contribution in [2.45, 2.75) is 77.1 Å². The number of hydrogen-bond acceptors (Lipinski definition) is 5. The van der Waals surface area contributed by atoms with E-state index in [1.54, 1.807) is 52.9 Å². The molecule has 1 heterocycles. The molecule has 1 saturated heterocycles. The molecular formula is C23H32N4O5. The Hall–Kier alpha value is -3.10. The van der Waals surface area contributed by atoms with Gasteiger partial charge in [0.25, 0.3) is 5.91 Å². The van der Waals surface area contributed by atoms with Crippen LogP contribution in [-0.4, -0.2) is 58.0 Å². The molecule has 1 unspecified atom stereocenters. The van der Waals surface area contributed by atoms with Crippen molar-refractivity contribution in [3.05, 3.63) is 29.8 Å². The van der Waals surface area contributed by atoms with E-state index in [2.05, 4.69) is 10.6 Å². The first kappa shape index (κ1) is 23.6. The molecule has 1 aromatic carbocycles. The molecule has 1 aliphatic heterocycles. The third-order valence-corrected chi connectivity index (χ3v) is 5.74. The Bertz CT molecular complexity index is 917. The van der Waals surface area contributed by atoms with Gasteiger partial charge in [0.05, 0.1) is 0 Å². The van der Waals surface area contributed by atoms with Crippen LogP contribution in [0.25, 0.3) is 0 Å². The number of ether oxygens (including phenoxy) is 1. The topological polar surface area (TPSA) is 108 Å². The molecule has 2 aliphatic rings. The van der Waals surface area contributed by atoms with E-state index in [1.165, 1.54) is 4.90 Å². The van der Waals surface area contributed by atoms with Crippen molar-refractivity contribution in [2.24, 2.45) is 0 Å². The molecule has 0 radical (unpaired) electrons. The van der Waals surface area contributed by atoms with Crippen molar-refractivity contribution < 1.29 is 23.9 Å². The zero-order chi connectivity index (χ0) is 23.7. The molecule has 0 aromatic heterocycles. The number of carbonyl (C=O) groups is 4. The summed E-state index contributed by atoms with van der Waals surface area (Å²) < 4.78 is 5.36. The summed E-state index contributed by atoms with van der Waals surface area (Å²) in [7, 11) is 1.64. The number of nitrogens with one attached hydrogen (secondary N) is 2. The number of hydrogen-bond donors (Lipinski definition) is 2. The van der Waals surface area contributed by atoms with Crippen molar-refractivity contribution >= 4 is 29.6 Å². The monoisotopic (exact) mass is 444 g/mol. The van der Waals surface area contributed by atoms with E-state index in [4.69, 9.17) is 4.74 Å². The van der Waals surface area contributed by atoms with E-state index in [9.17, 15) is 19.2 Å². The van der Waals surface area contributed by atoms with Crippen LogP contribution in [0.4, 0.5) is 15.3 Å². The van der Waals surface area contributed by atoms with Crippen LogP contribution in [0, 0.1) is 0 Å². The molecule has 2 N–H and O–H groups in total. The van der Waals surface area contributed by atoms with Crippen molar-refractivity contribution in [1.82, 2.24) is 15.1 Å². The summed E-state index contributed by atoms with van der Waals surface area (Å²) in [6.07, 6.45) is 2.53. The minimum atomic E-state index is -0.949. The summed E-state index contributed by atoms with van der Waals surface area (Å²) in [5, 5.41) is 5.57. The van der Waals surface area contributed by atoms with Crippen LogP contribution < -0.4 is 10.6 Å². The average molecular weight is 445 g/mol. The van der Waals surface area contributed by atoms with Crippen LogP contribution in [-0.2, 0) is 20.9 Å². The van der Waals surface area contributed by atoms with E-state index in [1.807, 2.05) is 6.07 Å². The highest BCUT2D eigenvalue weighted by atomic mass is 16.6. The minimum absolute atomic E-state index is 0.295. The third kappa shape index (κ3) is 5.03. The van der Waals surface area contributed by atoms with Crippen molar-refractivity contribution in [3.63, 3.8) is 0 Å². The molecule has 1 saturated carbocycles. The molecule has 1 aromatic rings. The van der Waals surface area contributed by atoms with Gasteiger partial charge in [0, 0.05) is 19.3 Å². The van der Waals surface area contributed by atoms with Gasteiger partial charge in [-0.1, -0.05) is 25.0 Å². The number of imide groups is 1. The third-order valence-electron chi connectivity index (χ3n) is 5.74. The predicted octanol–water partition coefficient (Wildman–Crippen LogP) is 3.25. The van der Waals surface area contributed by atoms with Gasteiger partial charge in [0.2, 0.25) is 5.91 Å². The number of urea groups is 1. The normalized spacial score (nSPS) is 18.5. The molecule has 9 heteroatoms. The highest BCUT2D eigenvalue weighted by Gasteiger charge is 2.54. The summed E-state index contributed by atoms with van der Waals surface area (Å²) in [6, 6.07) is 5.59. The fourth-order valence-corrected chi connectivity index (χ4v) is 4.10. The van der Waals surface area contributed by atoms with Crippen LogP contribution in [0.3, 0.4) is 0 Å². The van der Waals surface area contributed by atoms with Gasteiger partial charge in [-0.05, 0) is 58.2 Å². The first-order valence-corrected chi connectivity index (χ1v) is 10.9. The Morgan fingerprint density at radius 3 is 2.53 bits per heavy atom. The van der Waals surface area contributed by atoms with Crippen LogP contribution in [0.5, 0.6) is 0 Å². The summed E-state index contributed by atoms with van der Waals surface area (Å²) in [5.74, 6) is -0.781. The Morgan fingerprint density at radius 1 is 1.25 bits per heavy atom. The summed E-state index contributed by atoms with van der Waals surface area (Å²) in [5.41, 5.74) is -0.130. The summed E-state index contributed by atoms with van der Waals surface area (Å²) in [4.78, 5) is 52.8. The first-order chi connectivity index (χ1) is 14.9. The van der Waals surface area contributed by atoms with Crippen LogP contribution in [0.15, 0.2) is 24.3 Å². The number of nitrogens with zero attached hydrogens (tertiary/aromatic N) is 2. The smallest absolute Gasteiger partial charge is 0.410 e. The van der Waals surface area contributed by atoms with Gasteiger partial charge in [-0.2, -0.15) is 0 Å². The Morgan fingerprint density at radius 2 is 1.91 bits per heavy atom. The zero-order valence-electron chi connectivity index (χ0n) is 19.4. The lowest BCUT2D eigenvalue weighted by Crippen LogP contribution is -2.48. The molecule has 0 bridgehead atoms. The number of carbonyl (C=O) groups excluding carboxylic acids is 4. The lowest BCUT2D eigenvalue weighted by molar-refractivity contribution is -0.136. The van der Waals surface area contributed by atoms with Crippen LogP contribution >= 0.6 is 0 Å². The molecule has 2 fully saturated rings. The average Bonchev–Trinajstić information content (AvgIpc) is 3.25. The molecule has 32 heavy (non-hydrogen) atoms. The molecule has 1 spiro atoms. The Labute approximate surface area is 188 Å². The second-order valence-corrected chi connectivity index (χ2v) is 9.60. The number of rotatable bonds is 5. The number of amides is 5. The van der Waals surface area contributed by atoms with Crippen molar-refractivity contribution in [1.29, 1.82) is 0 Å². The second-order valence-electron chi connectivity index (χ2n) is 9.60.